The summed E-state index contributed by atoms with van der Waals surface area (Å²) in [4.78, 5) is 24.2. The van der Waals surface area contributed by atoms with E-state index in [2.05, 4.69) is 29.8 Å². The van der Waals surface area contributed by atoms with Crippen LogP contribution in [-0.4, -0.2) is 22.7 Å². The van der Waals surface area contributed by atoms with Crippen LogP contribution in [0.1, 0.15) is 72.1 Å². The van der Waals surface area contributed by atoms with Crippen LogP contribution in [0.4, 0.5) is 0 Å². The Hall–Kier alpha value is -0.380. The molecule has 0 aromatic carbocycles. The summed E-state index contributed by atoms with van der Waals surface area (Å²) >= 11 is 3.66. The second-order valence-corrected chi connectivity index (χ2v) is 10.8. The minimum atomic E-state index is -0.136. The van der Waals surface area contributed by atoms with Crippen molar-refractivity contribution in [2.24, 2.45) is 34.5 Å². The lowest BCUT2D eigenvalue weighted by atomic mass is 9.45. The number of esters is 1. The summed E-state index contributed by atoms with van der Waals surface area (Å²) in [5.41, 5.74) is 0.280. The Balaban J connectivity index is 1.55. The number of halogens is 1. The van der Waals surface area contributed by atoms with Crippen LogP contribution in [-0.2, 0) is 14.3 Å². The van der Waals surface area contributed by atoms with Crippen LogP contribution in [0.5, 0.6) is 0 Å². The van der Waals surface area contributed by atoms with Crippen molar-refractivity contribution in [3.05, 3.63) is 0 Å². The number of fused-ring (bicyclic) bond motifs is 5. The predicted molar refractivity (Wildman–Crippen MR) is 100 cm³/mol. The molecular weight excluding hydrogens is 380 g/mol. The molecule has 25 heavy (non-hydrogen) atoms. The molecular formula is C21H31BrO3. The van der Waals surface area contributed by atoms with E-state index in [-0.39, 0.29) is 22.3 Å². The van der Waals surface area contributed by atoms with Gasteiger partial charge in [0.2, 0.25) is 0 Å². The molecule has 8 atom stereocenters. The Morgan fingerprint density at radius 1 is 1.08 bits per heavy atom. The van der Waals surface area contributed by atoms with E-state index in [4.69, 9.17) is 4.74 Å². The number of carbonyl (C=O) groups excluding carboxylic acids is 2. The molecule has 0 aromatic heterocycles. The standard InChI is InChI=1S/C21H31BrO3/c1-12(23)25-14-6-8-20(2)13(10-14)4-5-15-16(20)7-9-21(3)17(15)11-18(22)19(21)24/h13-18H,4-11H2,1-3H3/t13-,14+,15-,16-,17+,18-,20+,21+/m1/s1. The number of Topliss-reactive ketones (excluding diaryl/α,β-unsaturated/α-hetero) is 1. The van der Waals surface area contributed by atoms with Gasteiger partial charge in [0.05, 0.1) is 4.83 Å². The van der Waals surface area contributed by atoms with Crippen LogP contribution in [0.2, 0.25) is 0 Å². The molecule has 0 N–H and O–H groups in total. The average molecular weight is 411 g/mol. The molecule has 4 heteroatoms. The van der Waals surface area contributed by atoms with Crippen molar-refractivity contribution in [3.63, 3.8) is 0 Å². The van der Waals surface area contributed by atoms with Crippen molar-refractivity contribution in [2.45, 2.75) is 83.1 Å². The zero-order chi connectivity index (χ0) is 18.0. The molecule has 0 saturated heterocycles. The van der Waals surface area contributed by atoms with Crippen molar-refractivity contribution in [3.8, 4) is 0 Å². The van der Waals surface area contributed by atoms with E-state index in [0.717, 1.165) is 31.6 Å². The van der Waals surface area contributed by atoms with E-state index in [1.165, 1.54) is 32.6 Å². The monoisotopic (exact) mass is 410 g/mol. The van der Waals surface area contributed by atoms with Gasteiger partial charge in [0.25, 0.3) is 0 Å². The van der Waals surface area contributed by atoms with Crippen molar-refractivity contribution in [1.82, 2.24) is 0 Å². The molecule has 0 radical (unpaired) electrons. The highest BCUT2D eigenvalue weighted by atomic mass is 79.9. The quantitative estimate of drug-likeness (QED) is 0.455. The molecule has 4 fully saturated rings. The first-order chi connectivity index (χ1) is 11.8. The Morgan fingerprint density at radius 2 is 1.84 bits per heavy atom. The first-order valence-electron chi connectivity index (χ1n) is 10.1. The molecule has 140 valence electrons. The predicted octanol–water partition coefficient (Wildman–Crippen LogP) is 4.90. The molecule has 4 saturated carbocycles. The molecule has 0 bridgehead atoms. The summed E-state index contributed by atoms with van der Waals surface area (Å²) < 4.78 is 5.54. The Bertz CT molecular complexity index is 590. The van der Waals surface area contributed by atoms with E-state index in [9.17, 15) is 9.59 Å². The molecule has 0 unspecified atom stereocenters. The summed E-state index contributed by atoms with van der Waals surface area (Å²) in [6, 6.07) is 0. The van der Waals surface area contributed by atoms with Gasteiger partial charge in [-0.3, -0.25) is 9.59 Å². The summed E-state index contributed by atoms with van der Waals surface area (Å²) in [6.07, 6.45) is 9.15. The summed E-state index contributed by atoms with van der Waals surface area (Å²) in [5.74, 6) is 3.01. The van der Waals surface area contributed by atoms with Gasteiger partial charge >= 0.3 is 5.97 Å². The molecule has 4 rings (SSSR count). The first-order valence-corrected chi connectivity index (χ1v) is 11.0. The maximum atomic E-state index is 12.7. The highest BCUT2D eigenvalue weighted by molar-refractivity contribution is 9.10. The Kier molecular flexibility index (Phi) is 4.37. The van der Waals surface area contributed by atoms with Gasteiger partial charge in [0.15, 0.2) is 5.78 Å². The normalized spacial score (nSPS) is 52.1. The first kappa shape index (κ1) is 18.0. The molecule has 0 spiro atoms. The second-order valence-electron chi connectivity index (χ2n) is 9.69. The molecule has 0 heterocycles. The SMILES string of the molecule is CC(=O)O[C@H]1CC[C@@]2(C)[C@H](CC[C@@H]3[C@H]2CC[C@]2(C)C(=O)[C@H](Br)C[C@@H]32)C1. The van der Waals surface area contributed by atoms with Crippen molar-refractivity contribution in [2.75, 3.05) is 0 Å². The van der Waals surface area contributed by atoms with E-state index >= 15 is 0 Å². The number of carbonyl (C=O) groups is 2. The van der Waals surface area contributed by atoms with Gasteiger partial charge in [-0.25, -0.2) is 0 Å². The van der Waals surface area contributed by atoms with Gasteiger partial charge in [0, 0.05) is 12.3 Å². The smallest absolute Gasteiger partial charge is 0.302 e. The van der Waals surface area contributed by atoms with Crippen LogP contribution < -0.4 is 0 Å². The highest BCUT2D eigenvalue weighted by Crippen LogP contribution is 2.66. The number of rotatable bonds is 1. The molecule has 0 amide bonds. The third-order valence-electron chi connectivity index (χ3n) is 8.65. The van der Waals surface area contributed by atoms with Crippen LogP contribution >= 0.6 is 15.9 Å². The molecule has 4 aliphatic rings. The van der Waals surface area contributed by atoms with Gasteiger partial charge in [-0.1, -0.05) is 29.8 Å². The summed E-state index contributed by atoms with van der Waals surface area (Å²) in [7, 11) is 0. The molecule has 4 aliphatic carbocycles. The van der Waals surface area contributed by atoms with E-state index < -0.39 is 0 Å². The maximum absolute atomic E-state index is 12.7. The lowest BCUT2D eigenvalue weighted by Crippen LogP contribution is -2.54. The largest absolute Gasteiger partial charge is 0.463 e. The van der Waals surface area contributed by atoms with Crippen LogP contribution in [0.15, 0.2) is 0 Å². The third-order valence-corrected chi connectivity index (χ3v) is 9.44. The minimum Gasteiger partial charge on any atom is -0.463 e. The number of alkyl halides is 1. The van der Waals surface area contributed by atoms with Crippen molar-refractivity contribution >= 4 is 27.7 Å². The second kappa shape index (κ2) is 6.07. The van der Waals surface area contributed by atoms with Gasteiger partial charge < -0.3 is 4.74 Å². The molecule has 0 aliphatic heterocycles. The fourth-order valence-corrected chi connectivity index (χ4v) is 8.23. The van der Waals surface area contributed by atoms with Gasteiger partial charge in [-0.2, -0.15) is 0 Å². The van der Waals surface area contributed by atoms with Crippen LogP contribution in [0.3, 0.4) is 0 Å². The van der Waals surface area contributed by atoms with E-state index in [1.54, 1.807) is 0 Å². The number of hydrogen-bond acceptors (Lipinski definition) is 3. The number of ether oxygens (including phenoxy) is 1. The number of ketones is 1. The van der Waals surface area contributed by atoms with Crippen molar-refractivity contribution < 1.29 is 14.3 Å². The van der Waals surface area contributed by atoms with Crippen LogP contribution in [0.25, 0.3) is 0 Å². The molecule has 3 nitrogen and oxygen atoms in total. The fraction of sp³-hybridized carbons (Fsp3) is 0.905. The Labute approximate surface area is 159 Å². The van der Waals surface area contributed by atoms with Crippen molar-refractivity contribution in [1.29, 1.82) is 0 Å². The maximum Gasteiger partial charge on any atom is 0.302 e. The third kappa shape index (κ3) is 2.64. The van der Waals surface area contributed by atoms with Gasteiger partial charge in [-0.15, -0.1) is 0 Å². The minimum absolute atomic E-state index is 0.0754. The van der Waals surface area contributed by atoms with Gasteiger partial charge in [0.1, 0.15) is 6.10 Å². The Morgan fingerprint density at radius 3 is 2.56 bits per heavy atom. The van der Waals surface area contributed by atoms with E-state index in [0.29, 0.717) is 29.0 Å². The van der Waals surface area contributed by atoms with Crippen LogP contribution in [0, 0.1) is 34.5 Å². The summed E-state index contributed by atoms with van der Waals surface area (Å²) in [6.45, 7) is 6.27. The fourth-order valence-electron chi connectivity index (χ4n) is 7.31. The zero-order valence-corrected chi connectivity index (χ0v) is 17.3. The lowest BCUT2D eigenvalue weighted by molar-refractivity contribution is -0.160. The van der Waals surface area contributed by atoms with E-state index in [1.807, 2.05) is 0 Å². The number of hydrogen-bond donors (Lipinski definition) is 0. The average Bonchev–Trinajstić information content (AvgIpc) is 2.78. The topological polar surface area (TPSA) is 43.4 Å². The van der Waals surface area contributed by atoms with Gasteiger partial charge in [-0.05, 0) is 80.5 Å². The summed E-state index contributed by atoms with van der Waals surface area (Å²) in [5, 5.41) is 0. The zero-order valence-electron chi connectivity index (χ0n) is 15.7. The molecule has 0 aromatic rings. The lowest BCUT2D eigenvalue weighted by Gasteiger charge is -2.60. The highest BCUT2D eigenvalue weighted by Gasteiger charge is 2.62.